The first-order chi connectivity index (χ1) is 56.0. The van der Waals surface area contributed by atoms with E-state index in [4.69, 9.17) is 13.7 Å². The molecule has 6 aromatic rings. The molecule has 0 saturated heterocycles. The Bertz CT molecular complexity index is 3050. The lowest BCUT2D eigenvalue weighted by atomic mass is 9.96. The number of hydrogen-bond acceptors (Lipinski definition) is 11. The SMILES string of the molecule is CCCCCCCCCCCCC(CCCCCCCCCCCC)OS(=O)(=O)c1ccc(C)cc1.CCCCCCCCCCCCC(CCCCCCCCCCCC)Oc1c2ccsc2c(OC(CCCCCCCCCCCC)CCCCCCCCCCCC)c2ccsc12.O=C1c2ccsc2C(=O)c2ccsc21. The van der Waals surface area contributed by atoms with Crippen molar-refractivity contribution in [1.82, 2.24) is 0 Å². The molecule has 0 amide bonds. The Morgan fingerprint density at radius 2 is 0.491 bits per heavy atom. The van der Waals surface area contributed by atoms with Crippen LogP contribution in [0, 0.1) is 6.92 Å². The van der Waals surface area contributed by atoms with Crippen LogP contribution in [0.25, 0.3) is 20.2 Å². The lowest BCUT2D eigenvalue weighted by Crippen LogP contribution is -2.19. The van der Waals surface area contributed by atoms with Crippen molar-refractivity contribution >= 4 is 87.2 Å². The summed E-state index contributed by atoms with van der Waals surface area (Å²) in [6.07, 6.45) is 88.2. The van der Waals surface area contributed by atoms with E-state index in [9.17, 15) is 18.0 Å². The molecular weight excluding hydrogens is 1500 g/mol. The molecular formula is C102H168O7S5. The van der Waals surface area contributed by atoms with Gasteiger partial charge in [0.1, 0.15) is 11.5 Å². The quantitative estimate of drug-likeness (QED) is 0.0277. The molecule has 7 rings (SSSR count). The Balaban J connectivity index is 0.000000382. The molecule has 1 aliphatic rings. The van der Waals surface area contributed by atoms with Crippen molar-refractivity contribution in [3.05, 3.63) is 96.5 Å². The minimum Gasteiger partial charge on any atom is -0.488 e. The fourth-order valence-electron chi connectivity index (χ4n) is 16.6. The molecule has 648 valence electrons. The highest BCUT2D eigenvalue weighted by Crippen LogP contribution is 2.49. The largest absolute Gasteiger partial charge is 0.488 e. The Morgan fingerprint density at radius 1 is 0.272 bits per heavy atom. The van der Waals surface area contributed by atoms with Gasteiger partial charge in [-0.05, 0) is 129 Å². The van der Waals surface area contributed by atoms with E-state index in [0.717, 1.165) is 42.7 Å². The van der Waals surface area contributed by atoms with E-state index in [0.29, 0.717) is 33.1 Å². The zero-order valence-corrected chi connectivity index (χ0v) is 78.3. The summed E-state index contributed by atoms with van der Waals surface area (Å²) in [5.41, 5.74) is 2.19. The Labute approximate surface area is 716 Å². The normalized spacial score (nSPS) is 12.2. The zero-order chi connectivity index (χ0) is 81.4. The van der Waals surface area contributed by atoms with Crippen LogP contribution in [0.3, 0.4) is 0 Å². The van der Waals surface area contributed by atoms with E-state index in [2.05, 4.69) is 64.4 Å². The number of ketones is 2. The molecule has 0 radical (unpaired) electrons. The summed E-state index contributed by atoms with van der Waals surface area (Å²) < 4.78 is 48.9. The van der Waals surface area contributed by atoms with Gasteiger partial charge in [0.15, 0.2) is 0 Å². The summed E-state index contributed by atoms with van der Waals surface area (Å²) in [7, 11) is -3.70. The zero-order valence-electron chi connectivity index (χ0n) is 74.2. The monoisotopic (exact) mass is 1670 g/mol. The van der Waals surface area contributed by atoms with E-state index in [-0.39, 0.29) is 22.6 Å². The number of aryl methyl sites for hydroxylation is 1. The molecule has 0 saturated carbocycles. The van der Waals surface area contributed by atoms with Crippen molar-refractivity contribution in [2.45, 2.75) is 495 Å². The minimum absolute atomic E-state index is 0.00847. The second-order valence-corrected chi connectivity index (χ2v) is 39.5. The number of rotatable bonds is 73. The van der Waals surface area contributed by atoms with Crippen LogP contribution in [0.5, 0.6) is 11.5 Å². The summed E-state index contributed by atoms with van der Waals surface area (Å²) in [4.78, 5) is 25.1. The number of ether oxygens (including phenoxy) is 2. The highest BCUT2D eigenvalue weighted by atomic mass is 32.2. The van der Waals surface area contributed by atoms with E-state index < -0.39 is 10.1 Å². The first-order valence-corrected chi connectivity index (χ1v) is 53.4. The number of benzene rings is 2. The van der Waals surface area contributed by atoms with Gasteiger partial charge in [-0.15, -0.1) is 45.3 Å². The van der Waals surface area contributed by atoms with Gasteiger partial charge >= 0.3 is 0 Å². The summed E-state index contributed by atoms with van der Waals surface area (Å²) in [6, 6.07) is 15.2. The van der Waals surface area contributed by atoms with Gasteiger partial charge in [0.05, 0.1) is 42.4 Å². The summed E-state index contributed by atoms with van der Waals surface area (Å²) in [6.45, 7) is 15.8. The standard InChI is InChI=1S/C60H106O2S2.C32H58O3S.C10H4O2S2/c1-5-9-13-17-21-25-29-33-37-41-45-53(46-42-38-34-30-26-22-18-14-10-6-2)61-57-55-49-51-64-60(55)58(56-50-52-63-59(56)57)62-54(47-43-39-35-31-27-23-19-15-11-7-3)48-44-40-36-32-28-24-20-16-12-8-4;1-4-6-8-10-12-14-16-18-20-22-24-31(25-23-21-19-17-15-13-11-9-7-5-2)35-36(33,34)32-28-26-30(3)27-29-32;11-7-5-1-3-13-9(5)8(12)6-2-4-14-10(6)7/h49-54H,5-48H2,1-4H3;26-29,31H,4-25H2,1-3H3;1-4H. The average Bonchev–Trinajstić information content (AvgIpc) is 1.59. The van der Waals surface area contributed by atoms with Crippen molar-refractivity contribution in [2.24, 2.45) is 0 Å². The van der Waals surface area contributed by atoms with Crippen molar-refractivity contribution in [3.8, 4) is 11.5 Å². The summed E-state index contributed by atoms with van der Waals surface area (Å²) >= 11 is 6.42. The van der Waals surface area contributed by atoms with Gasteiger partial charge in [-0.3, -0.25) is 13.8 Å². The topological polar surface area (TPSA) is 96.0 Å². The minimum atomic E-state index is -3.70. The van der Waals surface area contributed by atoms with Crippen molar-refractivity contribution in [1.29, 1.82) is 0 Å². The third-order valence-electron chi connectivity index (χ3n) is 23.9. The average molecular weight is 1670 g/mol. The molecule has 0 aliphatic heterocycles. The number of unbranched alkanes of at least 4 members (excludes halogenated alkanes) is 54. The van der Waals surface area contributed by atoms with Crippen molar-refractivity contribution in [3.63, 3.8) is 0 Å². The molecule has 0 N–H and O–H groups in total. The van der Waals surface area contributed by atoms with E-state index in [1.165, 1.54) is 441 Å². The van der Waals surface area contributed by atoms with Crippen LogP contribution in [-0.2, 0) is 14.3 Å². The first kappa shape index (κ1) is 101. The number of carbonyl (C=O) groups excluding carboxylic acids is 2. The molecule has 7 nitrogen and oxygen atoms in total. The molecule has 12 heteroatoms. The van der Waals surface area contributed by atoms with Crippen molar-refractivity contribution < 1.29 is 31.7 Å². The predicted molar refractivity (Wildman–Crippen MR) is 504 cm³/mol. The smallest absolute Gasteiger partial charge is 0.297 e. The second kappa shape index (κ2) is 67.3. The molecule has 0 fully saturated rings. The molecule has 114 heavy (non-hydrogen) atoms. The number of fused-ring (bicyclic) bond motifs is 4. The van der Waals surface area contributed by atoms with Crippen LogP contribution in [0.2, 0.25) is 0 Å². The van der Waals surface area contributed by atoms with Crippen LogP contribution in [0.4, 0.5) is 0 Å². The first-order valence-electron chi connectivity index (χ1n) is 48.5. The highest BCUT2D eigenvalue weighted by molar-refractivity contribution is 7.86. The van der Waals surface area contributed by atoms with Gasteiger partial charge in [0.2, 0.25) is 11.6 Å². The molecule has 4 heterocycles. The maximum Gasteiger partial charge on any atom is 0.297 e. The number of carbonyl (C=O) groups is 2. The van der Waals surface area contributed by atoms with Crippen LogP contribution in [0.1, 0.15) is 501 Å². The molecule has 1 aliphatic carbocycles. The van der Waals surface area contributed by atoms with Crippen LogP contribution in [-0.4, -0.2) is 38.3 Å². The molecule has 4 aromatic heterocycles. The van der Waals surface area contributed by atoms with Gasteiger partial charge in [-0.2, -0.15) is 8.42 Å². The van der Waals surface area contributed by atoms with Crippen molar-refractivity contribution in [2.75, 3.05) is 0 Å². The van der Waals surface area contributed by atoms with E-state index >= 15 is 0 Å². The molecule has 0 bridgehead atoms. The van der Waals surface area contributed by atoms with Crippen LogP contribution < -0.4 is 9.47 Å². The molecule has 0 spiro atoms. The maximum absolute atomic E-state index is 12.9. The third-order valence-corrected chi connectivity index (χ3v) is 28.9. The van der Waals surface area contributed by atoms with Gasteiger partial charge in [-0.25, -0.2) is 0 Å². The van der Waals surface area contributed by atoms with E-state index in [1.54, 1.807) is 35.0 Å². The fourth-order valence-corrected chi connectivity index (χ4v) is 21.2. The lowest BCUT2D eigenvalue weighted by Gasteiger charge is -2.24. The Morgan fingerprint density at radius 3 is 0.737 bits per heavy atom. The maximum atomic E-state index is 12.9. The third kappa shape index (κ3) is 43.7. The Hall–Kier alpha value is -3.39. The van der Waals surface area contributed by atoms with E-state index in [1.807, 2.05) is 41.7 Å². The fraction of sp³-hybridized carbons (Fsp3) is 0.745. The summed E-state index contributed by atoms with van der Waals surface area (Å²) in [5.74, 6) is 2.29. The number of thiophene rings is 4. The van der Waals surface area contributed by atoms with Gasteiger partial charge in [0, 0.05) is 21.9 Å². The highest BCUT2D eigenvalue weighted by Gasteiger charge is 2.32. The molecule has 0 unspecified atom stereocenters. The van der Waals surface area contributed by atoms with Crippen LogP contribution in [0.15, 0.2) is 74.9 Å². The lowest BCUT2D eigenvalue weighted by molar-refractivity contribution is 0.0986. The van der Waals surface area contributed by atoms with Gasteiger partial charge < -0.3 is 9.47 Å². The molecule has 0 atom stereocenters. The predicted octanol–water partition coefficient (Wildman–Crippen LogP) is 36.1. The second-order valence-electron chi connectivity index (χ2n) is 34.3. The van der Waals surface area contributed by atoms with Gasteiger partial charge in [-0.1, -0.05) is 419 Å². The number of hydrogen-bond donors (Lipinski definition) is 0. The van der Waals surface area contributed by atoms with Crippen LogP contribution >= 0.6 is 45.3 Å². The summed E-state index contributed by atoms with van der Waals surface area (Å²) in [5, 5.41) is 10.8. The van der Waals surface area contributed by atoms with Gasteiger partial charge in [0.25, 0.3) is 10.1 Å². The molecule has 2 aromatic carbocycles. The Kier molecular flexibility index (Phi) is 59.7.